The lowest BCUT2D eigenvalue weighted by Gasteiger charge is -2.35. The van der Waals surface area contributed by atoms with Gasteiger partial charge in [0.15, 0.2) is 0 Å². The smallest absolute Gasteiger partial charge is 0.329 e. The molecule has 2 aliphatic rings. The van der Waals surface area contributed by atoms with Crippen molar-refractivity contribution in [1.29, 1.82) is 0 Å². The average molecular weight is 759 g/mol. The Bertz CT molecular complexity index is 1470. The maximum absolute atomic E-state index is 14.3. The van der Waals surface area contributed by atoms with Gasteiger partial charge in [-0.25, -0.2) is 4.79 Å². The summed E-state index contributed by atoms with van der Waals surface area (Å²) in [4.78, 5) is 85.9. The molecule has 0 aliphatic carbocycles. The molecule has 0 unspecified atom stereocenters. The van der Waals surface area contributed by atoms with Crippen LogP contribution in [0.1, 0.15) is 86.1 Å². The van der Waals surface area contributed by atoms with Crippen molar-refractivity contribution in [2.24, 2.45) is 23.5 Å². The number of nitrogens with zero attached hydrogens (tertiary/aromatic N) is 2. The molecule has 0 spiro atoms. The first-order valence-corrected chi connectivity index (χ1v) is 19.1. The van der Waals surface area contributed by atoms with E-state index in [1.54, 1.807) is 45.0 Å². The SMILES string of the molecule is CC[C@H](C)[C@H]1NC(=O)[C@@H](N)[C@@H](C)OC(=O)[C@H](Cc2ccc(OC)cc2)N(C)C(=O)[C@@H]2CCCN2C(=O)[C@H](CC(C)C)NC(=O)[C@H](C(C)C)NC(=O)C[C@@H]1O. The van der Waals surface area contributed by atoms with Gasteiger partial charge in [0.05, 0.1) is 25.7 Å². The molecule has 6 N–H and O–H groups in total. The van der Waals surface area contributed by atoms with Crippen LogP contribution < -0.4 is 26.4 Å². The summed E-state index contributed by atoms with van der Waals surface area (Å²) in [6, 6.07) is 0.591. The number of esters is 1. The van der Waals surface area contributed by atoms with E-state index in [-0.39, 0.29) is 37.1 Å². The molecule has 2 fully saturated rings. The molecular formula is C39H62N6O9. The molecule has 15 heteroatoms. The molecule has 0 aromatic heterocycles. The van der Waals surface area contributed by atoms with Crippen molar-refractivity contribution in [3.8, 4) is 5.75 Å². The zero-order valence-electron chi connectivity index (χ0n) is 33.3. The Labute approximate surface area is 319 Å². The number of aliphatic hydroxyl groups excluding tert-OH is 1. The maximum atomic E-state index is 14.3. The number of amides is 5. The zero-order chi connectivity index (χ0) is 40.4. The molecule has 0 saturated carbocycles. The van der Waals surface area contributed by atoms with Gasteiger partial charge in [0.2, 0.25) is 29.5 Å². The maximum Gasteiger partial charge on any atom is 0.329 e. The van der Waals surface area contributed by atoms with E-state index < -0.39 is 90.4 Å². The monoisotopic (exact) mass is 758 g/mol. The number of hydrogen-bond donors (Lipinski definition) is 5. The summed E-state index contributed by atoms with van der Waals surface area (Å²) >= 11 is 0. The van der Waals surface area contributed by atoms with E-state index in [9.17, 15) is 33.9 Å². The Balaban J connectivity index is 2.09. The first-order valence-electron chi connectivity index (χ1n) is 19.1. The summed E-state index contributed by atoms with van der Waals surface area (Å²) in [5, 5.41) is 19.6. The summed E-state index contributed by atoms with van der Waals surface area (Å²) in [5.41, 5.74) is 7.02. The molecule has 15 nitrogen and oxygen atoms in total. The third-order valence-electron chi connectivity index (χ3n) is 10.6. The van der Waals surface area contributed by atoms with E-state index in [2.05, 4.69) is 16.0 Å². The van der Waals surface area contributed by atoms with Crippen LogP contribution in [-0.2, 0) is 39.9 Å². The second-order valence-electron chi connectivity index (χ2n) is 15.5. The first kappa shape index (κ1) is 44.2. The molecule has 2 aliphatic heterocycles. The van der Waals surface area contributed by atoms with E-state index in [1.807, 2.05) is 20.8 Å². The highest BCUT2D eigenvalue weighted by Gasteiger charge is 2.43. The van der Waals surface area contributed by atoms with Crippen molar-refractivity contribution in [3.63, 3.8) is 0 Å². The summed E-state index contributed by atoms with van der Waals surface area (Å²) < 4.78 is 11.1. The van der Waals surface area contributed by atoms with Gasteiger partial charge in [-0.15, -0.1) is 0 Å². The Kier molecular flexibility index (Phi) is 16.3. The van der Waals surface area contributed by atoms with E-state index >= 15 is 0 Å². The molecule has 1 aromatic carbocycles. The normalized spacial score (nSPS) is 29.2. The minimum Gasteiger partial charge on any atom is -0.497 e. The summed E-state index contributed by atoms with van der Waals surface area (Å²) in [6.45, 7) is 12.7. The molecule has 2 saturated heterocycles. The Morgan fingerprint density at radius 2 is 1.61 bits per heavy atom. The molecule has 3 rings (SSSR count). The van der Waals surface area contributed by atoms with Gasteiger partial charge in [0.1, 0.15) is 42.1 Å². The van der Waals surface area contributed by atoms with Crippen molar-refractivity contribution in [2.75, 3.05) is 20.7 Å². The predicted octanol–water partition coefficient (Wildman–Crippen LogP) is 1.28. The van der Waals surface area contributed by atoms with Crippen LogP contribution in [0.25, 0.3) is 0 Å². The number of rotatable bonds is 8. The van der Waals surface area contributed by atoms with E-state index in [0.29, 0.717) is 30.6 Å². The minimum absolute atomic E-state index is 0.0138. The number of benzene rings is 1. The molecule has 5 amide bonds. The number of fused-ring (bicyclic) bond motifs is 1. The molecular weight excluding hydrogens is 696 g/mol. The fourth-order valence-electron chi connectivity index (χ4n) is 6.96. The number of nitrogens with one attached hydrogen (secondary N) is 3. The number of carbonyl (C=O) groups excluding carboxylic acids is 6. The van der Waals surface area contributed by atoms with E-state index in [1.165, 1.54) is 30.9 Å². The highest BCUT2D eigenvalue weighted by atomic mass is 16.5. The molecule has 1 aromatic rings. The summed E-state index contributed by atoms with van der Waals surface area (Å²) in [5.74, 6) is -3.73. The lowest BCUT2D eigenvalue weighted by molar-refractivity contribution is -0.161. The van der Waals surface area contributed by atoms with Gasteiger partial charge >= 0.3 is 5.97 Å². The third-order valence-corrected chi connectivity index (χ3v) is 10.6. The van der Waals surface area contributed by atoms with Crippen LogP contribution in [0, 0.1) is 17.8 Å². The van der Waals surface area contributed by atoms with Crippen molar-refractivity contribution >= 4 is 35.5 Å². The highest BCUT2D eigenvalue weighted by Crippen LogP contribution is 2.25. The largest absolute Gasteiger partial charge is 0.497 e. The molecule has 0 bridgehead atoms. The highest BCUT2D eigenvalue weighted by molar-refractivity contribution is 5.95. The second-order valence-corrected chi connectivity index (χ2v) is 15.5. The van der Waals surface area contributed by atoms with Crippen LogP contribution in [0.4, 0.5) is 0 Å². The van der Waals surface area contributed by atoms with Gasteiger partial charge < -0.3 is 46.1 Å². The fourth-order valence-corrected chi connectivity index (χ4v) is 6.96. The van der Waals surface area contributed by atoms with Crippen LogP contribution in [0.3, 0.4) is 0 Å². The predicted molar refractivity (Wildman–Crippen MR) is 202 cm³/mol. The molecule has 9 atom stereocenters. The fraction of sp³-hybridized carbons (Fsp3) is 0.692. The molecule has 0 radical (unpaired) electrons. The van der Waals surface area contributed by atoms with E-state index in [0.717, 1.165) is 0 Å². The van der Waals surface area contributed by atoms with Gasteiger partial charge in [-0.2, -0.15) is 0 Å². The number of likely N-dealkylation sites (N-methyl/N-ethyl adjacent to an activating group) is 1. The lowest BCUT2D eigenvalue weighted by Crippen LogP contribution is -2.59. The second kappa shape index (κ2) is 19.9. The number of methoxy groups -OCH3 is 1. The van der Waals surface area contributed by atoms with E-state index in [4.69, 9.17) is 15.2 Å². The summed E-state index contributed by atoms with van der Waals surface area (Å²) in [6.07, 6.45) is -1.22. The topological polar surface area (TPSA) is 210 Å². The lowest BCUT2D eigenvalue weighted by atomic mass is 9.91. The quantitative estimate of drug-likeness (QED) is 0.240. The van der Waals surface area contributed by atoms with Gasteiger partial charge in [0, 0.05) is 20.0 Å². The number of carbonyl (C=O) groups is 6. The first-order chi connectivity index (χ1) is 25.4. The van der Waals surface area contributed by atoms with Crippen LogP contribution in [0.5, 0.6) is 5.75 Å². The number of cyclic esters (lactones) is 1. The Hall–Kier alpha value is -4.24. The van der Waals surface area contributed by atoms with Crippen LogP contribution in [0.15, 0.2) is 24.3 Å². The van der Waals surface area contributed by atoms with Gasteiger partial charge in [-0.1, -0.05) is 60.1 Å². The van der Waals surface area contributed by atoms with Crippen molar-refractivity contribution in [3.05, 3.63) is 29.8 Å². The Morgan fingerprint density at radius 3 is 2.19 bits per heavy atom. The van der Waals surface area contributed by atoms with Crippen LogP contribution in [0.2, 0.25) is 0 Å². The molecule has 54 heavy (non-hydrogen) atoms. The van der Waals surface area contributed by atoms with Gasteiger partial charge in [0.25, 0.3) is 0 Å². The van der Waals surface area contributed by atoms with Crippen LogP contribution >= 0.6 is 0 Å². The van der Waals surface area contributed by atoms with Crippen LogP contribution in [-0.4, -0.2) is 120 Å². The van der Waals surface area contributed by atoms with Crippen molar-refractivity contribution < 1.29 is 43.3 Å². The average Bonchev–Trinajstić information content (AvgIpc) is 3.62. The van der Waals surface area contributed by atoms with Crippen molar-refractivity contribution in [1.82, 2.24) is 25.8 Å². The van der Waals surface area contributed by atoms with Gasteiger partial charge in [-0.05, 0) is 61.6 Å². The molecule has 302 valence electrons. The van der Waals surface area contributed by atoms with Crippen molar-refractivity contribution in [2.45, 2.75) is 135 Å². The minimum atomic E-state index is -1.37. The third kappa shape index (κ3) is 11.4. The number of nitrogens with two attached hydrogens (primary N) is 1. The Morgan fingerprint density at radius 1 is 0.963 bits per heavy atom. The summed E-state index contributed by atoms with van der Waals surface area (Å²) in [7, 11) is 3.01. The standard InChI is InChI=1S/C39H62N6O9/c1-10-23(6)34-30(46)20-31(47)42-33(22(4)5)36(49)41-27(18-21(2)3)37(50)45-17-11-12-28(45)38(51)44(8)29(19-25-13-15-26(53-9)16-14-25)39(52)54-24(7)32(40)35(48)43-34/h13-16,21-24,27-30,32-34,46H,10-12,17-20,40H2,1-9H3,(H,41,49)(H,42,47)(H,43,48)/t23-,24+,27-,28-,29-,30-,32-,33-,34+/m0/s1. The zero-order valence-corrected chi connectivity index (χ0v) is 33.3. The number of hydrogen-bond acceptors (Lipinski definition) is 10. The number of ether oxygens (including phenoxy) is 2. The molecule has 2 heterocycles. The number of aliphatic hydroxyl groups is 1. The van der Waals surface area contributed by atoms with Gasteiger partial charge in [-0.3, -0.25) is 24.0 Å².